The average Bonchev–Trinajstić information content (AvgIpc) is 2.42. The van der Waals surface area contributed by atoms with E-state index in [1.54, 1.807) is 0 Å². The van der Waals surface area contributed by atoms with E-state index in [1.807, 2.05) is 38.1 Å². The van der Waals surface area contributed by atoms with Crippen LogP contribution in [0.25, 0.3) is 0 Å². The normalized spacial score (nSPS) is 20.0. The lowest BCUT2D eigenvalue weighted by Crippen LogP contribution is -2.44. The zero-order chi connectivity index (χ0) is 13.7. The molecule has 3 nitrogen and oxygen atoms in total. The van der Waals surface area contributed by atoms with Gasteiger partial charge in [-0.3, -0.25) is 4.79 Å². The van der Waals surface area contributed by atoms with E-state index in [9.17, 15) is 4.79 Å². The lowest BCUT2D eigenvalue weighted by Gasteiger charge is -2.23. The fourth-order valence-corrected chi connectivity index (χ4v) is 2.26. The molecule has 2 atom stereocenters. The van der Waals surface area contributed by atoms with Crippen LogP contribution in [-0.4, -0.2) is 18.0 Å². The SMILES string of the molecule is Cc1ccc(NC(=O)C(C)NC2CC=CCC2)cc1. The van der Waals surface area contributed by atoms with E-state index < -0.39 is 0 Å². The van der Waals surface area contributed by atoms with Crippen LogP contribution in [-0.2, 0) is 4.79 Å². The van der Waals surface area contributed by atoms with Crippen LogP contribution < -0.4 is 10.6 Å². The Labute approximate surface area is 115 Å². The van der Waals surface area contributed by atoms with Gasteiger partial charge < -0.3 is 10.6 Å². The van der Waals surface area contributed by atoms with Gasteiger partial charge in [-0.2, -0.15) is 0 Å². The van der Waals surface area contributed by atoms with Gasteiger partial charge in [0.25, 0.3) is 0 Å². The summed E-state index contributed by atoms with van der Waals surface area (Å²) in [5.41, 5.74) is 2.05. The topological polar surface area (TPSA) is 41.1 Å². The predicted molar refractivity (Wildman–Crippen MR) is 79.2 cm³/mol. The van der Waals surface area contributed by atoms with Gasteiger partial charge in [0.2, 0.25) is 5.91 Å². The number of allylic oxidation sites excluding steroid dienone is 1. The van der Waals surface area contributed by atoms with E-state index in [0.717, 1.165) is 24.9 Å². The maximum absolute atomic E-state index is 12.1. The van der Waals surface area contributed by atoms with Crippen LogP contribution in [0, 0.1) is 6.92 Å². The third-order valence-electron chi connectivity index (χ3n) is 3.47. The van der Waals surface area contributed by atoms with Crippen molar-refractivity contribution in [1.82, 2.24) is 5.32 Å². The first-order valence-electron chi connectivity index (χ1n) is 6.94. The van der Waals surface area contributed by atoms with E-state index >= 15 is 0 Å². The Bertz CT molecular complexity index is 450. The molecule has 19 heavy (non-hydrogen) atoms. The Balaban J connectivity index is 1.84. The van der Waals surface area contributed by atoms with Crippen molar-refractivity contribution in [3.8, 4) is 0 Å². The molecule has 0 bridgehead atoms. The number of hydrogen-bond acceptors (Lipinski definition) is 2. The van der Waals surface area contributed by atoms with Gasteiger partial charge in [-0.25, -0.2) is 0 Å². The van der Waals surface area contributed by atoms with Crippen LogP contribution in [0.3, 0.4) is 0 Å². The molecule has 2 rings (SSSR count). The van der Waals surface area contributed by atoms with Gasteiger partial charge in [-0.15, -0.1) is 0 Å². The zero-order valence-corrected chi connectivity index (χ0v) is 11.6. The van der Waals surface area contributed by atoms with Crippen molar-refractivity contribution in [2.24, 2.45) is 0 Å². The lowest BCUT2D eigenvalue weighted by atomic mass is 10.0. The third-order valence-corrected chi connectivity index (χ3v) is 3.47. The Morgan fingerprint density at radius 3 is 2.63 bits per heavy atom. The number of nitrogens with one attached hydrogen (secondary N) is 2. The molecule has 0 spiro atoms. The molecule has 1 aromatic carbocycles. The molecule has 0 aromatic heterocycles. The summed E-state index contributed by atoms with van der Waals surface area (Å²) in [5.74, 6) is 0.0263. The van der Waals surface area contributed by atoms with Gasteiger partial charge in [0.1, 0.15) is 0 Å². The van der Waals surface area contributed by atoms with Crippen LogP contribution in [0.4, 0.5) is 5.69 Å². The molecule has 3 heteroatoms. The maximum Gasteiger partial charge on any atom is 0.241 e. The van der Waals surface area contributed by atoms with Crippen molar-refractivity contribution >= 4 is 11.6 Å². The molecule has 0 radical (unpaired) electrons. The highest BCUT2D eigenvalue weighted by atomic mass is 16.2. The molecule has 1 aromatic rings. The number of hydrogen-bond donors (Lipinski definition) is 2. The number of carbonyl (C=O) groups excluding carboxylic acids is 1. The first-order valence-corrected chi connectivity index (χ1v) is 6.94. The molecular weight excluding hydrogens is 236 g/mol. The summed E-state index contributed by atoms with van der Waals surface area (Å²) in [6.07, 6.45) is 7.62. The molecule has 0 saturated heterocycles. The molecular formula is C16H22N2O. The number of rotatable bonds is 4. The van der Waals surface area contributed by atoms with E-state index in [4.69, 9.17) is 0 Å². The van der Waals surface area contributed by atoms with Crippen molar-refractivity contribution < 1.29 is 4.79 Å². The highest BCUT2D eigenvalue weighted by Gasteiger charge is 2.18. The van der Waals surface area contributed by atoms with Crippen molar-refractivity contribution in [3.05, 3.63) is 42.0 Å². The molecule has 102 valence electrons. The summed E-state index contributed by atoms with van der Waals surface area (Å²) in [4.78, 5) is 12.1. The Kier molecular flexibility index (Phi) is 4.74. The predicted octanol–water partition coefficient (Wildman–Crippen LogP) is 3.02. The summed E-state index contributed by atoms with van der Waals surface area (Å²) in [6.45, 7) is 3.95. The summed E-state index contributed by atoms with van der Waals surface area (Å²) in [7, 11) is 0. The van der Waals surface area contributed by atoms with Crippen molar-refractivity contribution in [2.45, 2.75) is 45.2 Å². The van der Waals surface area contributed by atoms with Gasteiger partial charge in [0.05, 0.1) is 6.04 Å². The fraction of sp³-hybridized carbons (Fsp3) is 0.438. The summed E-state index contributed by atoms with van der Waals surface area (Å²) in [6, 6.07) is 8.12. The second-order valence-electron chi connectivity index (χ2n) is 5.23. The van der Waals surface area contributed by atoms with E-state index in [-0.39, 0.29) is 11.9 Å². The van der Waals surface area contributed by atoms with Gasteiger partial charge in [0.15, 0.2) is 0 Å². The number of amides is 1. The van der Waals surface area contributed by atoms with E-state index in [0.29, 0.717) is 6.04 Å². The minimum Gasteiger partial charge on any atom is -0.325 e. The lowest BCUT2D eigenvalue weighted by molar-refractivity contribution is -0.118. The van der Waals surface area contributed by atoms with Crippen molar-refractivity contribution in [1.29, 1.82) is 0 Å². The molecule has 0 fully saturated rings. The monoisotopic (exact) mass is 258 g/mol. The highest BCUT2D eigenvalue weighted by molar-refractivity contribution is 5.94. The number of benzene rings is 1. The average molecular weight is 258 g/mol. The van der Waals surface area contributed by atoms with Crippen LogP contribution in [0.2, 0.25) is 0 Å². The first-order chi connectivity index (χ1) is 9.15. The smallest absolute Gasteiger partial charge is 0.241 e. The standard InChI is InChI=1S/C16H22N2O/c1-12-8-10-15(11-9-12)18-16(19)13(2)17-14-6-4-3-5-7-14/h3-4,8-11,13-14,17H,5-7H2,1-2H3,(H,18,19). The molecule has 0 saturated carbocycles. The molecule has 0 heterocycles. The summed E-state index contributed by atoms with van der Waals surface area (Å²) < 4.78 is 0. The van der Waals surface area contributed by atoms with Crippen LogP contribution in [0.15, 0.2) is 36.4 Å². The quantitative estimate of drug-likeness (QED) is 0.815. The van der Waals surface area contributed by atoms with Gasteiger partial charge in [-0.1, -0.05) is 29.8 Å². The Hall–Kier alpha value is -1.61. The minimum atomic E-state index is -0.169. The van der Waals surface area contributed by atoms with Crippen molar-refractivity contribution in [3.63, 3.8) is 0 Å². The Morgan fingerprint density at radius 2 is 2.00 bits per heavy atom. The number of anilines is 1. The van der Waals surface area contributed by atoms with Gasteiger partial charge in [0, 0.05) is 11.7 Å². The summed E-state index contributed by atoms with van der Waals surface area (Å²) >= 11 is 0. The van der Waals surface area contributed by atoms with Crippen LogP contribution >= 0.6 is 0 Å². The van der Waals surface area contributed by atoms with Gasteiger partial charge >= 0.3 is 0 Å². The van der Waals surface area contributed by atoms with Crippen LogP contribution in [0.5, 0.6) is 0 Å². The molecule has 1 aliphatic rings. The van der Waals surface area contributed by atoms with Crippen LogP contribution in [0.1, 0.15) is 31.7 Å². The molecule has 1 aliphatic carbocycles. The largest absolute Gasteiger partial charge is 0.325 e. The maximum atomic E-state index is 12.1. The summed E-state index contributed by atoms with van der Waals surface area (Å²) in [5, 5.41) is 6.33. The fourth-order valence-electron chi connectivity index (χ4n) is 2.26. The second-order valence-corrected chi connectivity index (χ2v) is 5.23. The van der Waals surface area contributed by atoms with Gasteiger partial charge in [-0.05, 0) is 45.2 Å². The van der Waals surface area contributed by atoms with E-state index in [1.165, 1.54) is 5.56 Å². The Morgan fingerprint density at radius 1 is 1.26 bits per heavy atom. The third kappa shape index (κ3) is 4.21. The van der Waals surface area contributed by atoms with Crippen molar-refractivity contribution in [2.75, 3.05) is 5.32 Å². The molecule has 1 amide bonds. The molecule has 2 N–H and O–H groups in total. The molecule has 2 unspecified atom stereocenters. The second kappa shape index (κ2) is 6.53. The number of carbonyl (C=O) groups is 1. The number of aryl methyl sites for hydroxylation is 1. The zero-order valence-electron chi connectivity index (χ0n) is 11.6. The molecule has 0 aliphatic heterocycles. The first kappa shape index (κ1) is 13.8. The minimum absolute atomic E-state index is 0.0263. The highest BCUT2D eigenvalue weighted by Crippen LogP contribution is 2.12. The van der Waals surface area contributed by atoms with E-state index in [2.05, 4.69) is 22.8 Å².